The van der Waals surface area contributed by atoms with E-state index in [4.69, 9.17) is 15.8 Å². The summed E-state index contributed by atoms with van der Waals surface area (Å²) < 4.78 is 0. The molecule has 0 atom stereocenters. The van der Waals surface area contributed by atoms with E-state index in [0.717, 1.165) is 55.1 Å². The van der Waals surface area contributed by atoms with Gasteiger partial charge in [0.15, 0.2) is 0 Å². The lowest BCUT2D eigenvalue weighted by Gasteiger charge is -2.35. The zero-order valence-electron chi connectivity index (χ0n) is 11.5. The highest BCUT2D eigenvalue weighted by Crippen LogP contribution is 2.21. The van der Waals surface area contributed by atoms with Gasteiger partial charge in [0.25, 0.3) is 0 Å². The quantitative estimate of drug-likeness (QED) is 0.814. The summed E-state index contributed by atoms with van der Waals surface area (Å²) in [7, 11) is 0. The zero-order valence-corrected chi connectivity index (χ0v) is 11.5. The van der Waals surface area contributed by atoms with Gasteiger partial charge < -0.3 is 15.7 Å². The molecule has 0 bridgehead atoms. The fraction of sp³-hybridized carbons (Fsp3) is 0.400. The Balaban J connectivity index is 1.76. The number of nitrogen functional groups attached to an aromatic ring is 1. The summed E-state index contributed by atoms with van der Waals surface area (Å²) in [5, 5.41) is 10.0. The Kier molecular flexibility index (Phi) is 3.71. The van der Waals surface area contributed by atoms with E-state index in [0.29, 0.717) is 0 Å². The molecule has 2 heterocycles. The number of aliphatic hydroxyl groups excluding tert-OH is 1. The Morgan fingerprint density at radius 3 is 2.65 bits per heavy atom. The van der Waals surface area contributed by atoms with E-state index < -0.39 is 0 Å². The van der Waals surface area contributed by atoms with Gasteiger partial charge in [-0.2, -0.15) is 0 Å². The number of nitrogens with two attached hydrogens (primary N) is 1. The van der Waals surface area contributed by atoms with Crippen molar-refractivity contribution in [2.24, 2.45) is 0 Å². The molecule has 0 radical (unpaired) electrons. The average Bonchev–Trinajstić information content (AvgIpc) is 2.48. The number of fused-ring (bicyclic) bond motifs is 1. The van der Waals surface area contributed by atoms with Crippen LogP contribution in [-0.4, -0.2) is 54.3 Å². The van der Waals surface area contributed by atoms with E-state index in [-0.39, 0.29) is 6.61 Å². The third-order valence-corrected chi connectivity index (χ3v) is 3.81. The average molecular weight is 272 g/mol. The highest BCUT2D eigenvalue weighted by Gasteiger charge is 2.17. The minimum absolute atomic E-state index is 0.232. The number of aliphatic hydroxyl groups is 1. The summed E-state index contributed by atoms with van der Waals surface area (Å²) in [6.45, 7) is 4.85. The molecule has 1 aliphatic heterocycles. The lowest BCUT2D eigenvalue weighted by Crippen LogP contribution is -2.47. The van der Waals surface area contributed by atoms with Crippen LogP contribution in [0, 0.1) is 0 Å². The molecule has 5 nitrogen and oxygen atoms in total. The lowest BCUT2D eigenvalue weighted by atomic mass is 10.2. The Morgan fingerprint density at radius 1 is 1.10 bits per heavy atom. The first-order chi connectivity index (χ1) is 9.76. The van der Waals surface area contributed by atoms with Crippen LogP contribution >= 0.6 is 0 Å². The number of benzene rings is 1. The van der Waals surface area contributed by atoms with Gasteiger partial charge >= 0.3 is 0 Å². The van der Waals surface area contributed by atoms with Crippen LogP contribution in [0.5, 0.6) is 0 Å². The molecule has 3 N–H and O–H groups in total. The van der Waals surface area contributed by atoms with Gasteiger partial charge in [-0.3, -0.25) is 4.90 Å². The first-order valence-corrected chi connectivity index (χ1v) is 7.01. The van der Waals surface area contributed by atoms with Crippen molar-refractivity contribution in [1.82, 2.24) is 9.88 Å². The van der Waals surface area contributed by atoms with Crippen LogP contribution in [0.1, 0.15) is 0 Å². The van der Waals surface area contributed by atoms with Crippen LogP contribution in [0.15, 0.2) is 30.3 Å². The van der Waals surface area contributed by atoms with E-state index in [1.54, 1.807) is 0 Å². The van der Waals surface area contributed by atoms with Gasteiger partial charge in [0.05, 0.1) is 12.1 Å². The number of hydrogen-bond donors (Lipinski definition) is 2. The first-order valence-electron chi connectivity index (χ1n) is 7.01. The Bertz CT molecular complexity index is 593. The van der Waals surface area contributed by atoms with Gasteiger partial charge in [0.2, 0.25) is 0 Å². The molecule has 0 spiro atoms. The molecule has 1 aliphatic rings. The van der Waals surface area contributed by atoms with Crippen LogP contribution in [0.3, 0.4) is 0 Å². The monoisotopic (exact) mass is 272 g/mol. The largest absolute Gasteiger partial charge is 0.399 e. The van der Waals surface area contributed by atoms with Crippen molar-refractivity contribution in [2.45, 2.75) is 0 Å². The van der Waals surface area contributed by atoms with E-state index in [2.05, 4.69) is 21.9 Å². The molecule has 2 aromatic rings. The van der Waals surface area contributed by atoms with Crippen LogP contribution in [-0.2, 0) is 0 Å². The molecule has 0 saturated carbocycles. The van der Waals surface area contributed by atoms with Crippen molar-refractivity contribution >= 4 is 22.4 Å². The summed E-state index contributed by atoms with van der Waals surface area (Å²) in [6.07, 6.45) is 0. The molecule has 1 aromatic heterocycles. The topological polar surface area (TPSA) is 65.6 Å². The van der Waals surface area contributed by atoms with Crippen LogP contribution < -0.4 is 10.6 Å². The second-order valence-electron chi connectivity index (χ2n) is 5.17. The van der Waals surface area contributed by atoms with Crippen molar-refractivity contribution in [3.8, 4) is 0 Å². The third kappa shape index (κ3) is 2.69. The van der Waals surface area contributed by atoms with E-state index in [9.17, 15) is 0 Å². The van der Waals surface area contributed by atoms with Gasteiger partial charge in [-0.05, 0) is 30.3 Å². The molecule has 3 rings (SSSR count). The Labute approximate surface area is 118 Å². The molecule has 5 heteroatoms. The molecule has 0 unspecified atom stereocenters. The standard InChI is InChI=1S/C15H20N4O/c16-13-2-3-14-12(11-13)1-4-15(17-14)19-7-5-18(6-8-19)9-10-20/h1-4,11,20H,5-10,16H2. The summed E-state index contributed by atoms with van der Waals surface area (Å²) >= 11 is 0. The first kappa shape index (κ1) is 13.1. The Hall–Kier alpha value is -1.85. The molecule has 1 aromatic carbocycles. The van der Waals surface area contributed by atoms with Crippen molar-refractivity contribution in [1.29, 1.82) is 0 Å². The predicted octanol–water partition coefficient (Wildman–Crippen LogP) is 0.931. The predicted molar refractivity (Wildman–Crippen MR) is 81.9 cm³/mol. The maximum atomic E-state index is 8.96. The Morgan fingerprint density at radius 2 is 1.90 bits per heavy atom. The van der Waals surface area contributed by atoms with Gasteiger partial charge in [0, 0.05) is 43.8 Å². The number of pyridine rings is 1. The van der Waals surface area contributed by atoms with Crippen LogP contribution in [0.25, 0.3) is 10.9 Å². The molecule has 1 saturated heterocycles. The molecular formula is C15H20N4O. The summed E-state index contributed by atoms with van der Waals surface area (Å²) in [4.78, 5) is 9.28. The van der Waals surface area contributed by atoms with E-state index in [1.165, 1.54) is 0 Å². The molecule has 0 amide bonds. The normalized spacial score (nSPS) is 16.8. The smallest absolute Gasteiger partial charge is 0.129 e. The number of piperazine rings is 1. The van der Waals surface area contributed by atoms with Crippen molar-refractivity contribution < 1.29 is 5.11 Å². The summed E-state index contributed by atoms with van der Waals surface area (Å²) in [5.41, 5.74) is 7.53. The van der Waals surface area contributed by atoms with Gasteiger partial charge in [-0.25, -0.2) is 4.98 Å². The molecule has 106 valence electrons. The third-order valence-electron chi connectivity index (χ3n) is 3.81. The minimum atomic E-state index is 0.232. The number of nitrogens with zero attached hydrogens (tertiary/aromatic N) is 3. The summed E-state index contributed by atoms with van der Waals surface area (Å²) in [6, 6.07) is 9.94. The zero-order chi connectivity index (χ0) is 13.9. The number of rotatable bonds is 3. The van der Waals surface area contributed by atoms with Crippen LogP contribution in [0.2, 0.25) is 0 Å². The second-order valence-corrected chi connectivity index (χ2v) is 5.17. The van der Waals surface area contributed by atoms with Gasteiger partial charge in [-0.1, -0.05) is 0 Å². The lowest BCUT2D eigenvalue weighted by molar-refractivity contribution is 0.188. The van der Waals surface area contributed by atoms with Crippen molar-refractivity contribution in [2.75, 3.05) is 50.0 Å². The van der Waals surface area contributed by atoms with E-state index in [1.807, 2.05) is 18.2 Å². The number of aromatic nitrogens is 1. The number of β-amino-alcohol motifs (C(OH)–C–C–N with tert-alkyl or cyclic N) is 1. The molecule has 1 fully saturated rings. The molecular weight excluding hydrogens is 252 g/mol. The molecule has 0 aliphatic carbocycles. The van der Waals surface area contributed by atoms with Gasteiger partial charge in [-0.15, -0.1) is 0 Å². The van der Waals surface area contributed by atoms with E-state index >= 15 is 0 Å². The highest BCUT2D eigenvalue weighted by molar-refractivity contribution is 5.83. The van der Waals surface area contributed by atoms with Crippen LogP contribution in [0.4, 0.5) is 11.5 Å². The summed E-state index contributed by atoms with van der Waals surface area (Å²) in [5.74, 6) is 1.02. The highest BCUT2D eigenvalue weighted by atomic mass is 16.3. The minimum Gasteiger partial charge on any atom is -0.399 e. The molecule has 20 heavy (non-hydrogen) atoms. The number of anilines is 2. The maximum Gasteiger partial charge on any atom is 0.129 e. The fourth-order valence-electron chi connectivity index (χ4n) is 2.65. The SMILES string of the molecule is Nc1ccc2nc(N3CCN(CCO)CC3)ccc2c1. The van der Waals surface area contributed by atoms with Crippen molar-refractivity contribution in [3.63, 3.8) is 0 Å². The maximum absolute atomic E-state index is 8.96. The fourth-order valence-corrected chi connectivity index (χ4v) is 2.65. The van der Waals surface area contributed by atoms with Gasteiger partial charge in [0.1, 0.15) is 5.82 Å². The van der Waals surface area contributed by atoms with Crippen molar-refractivity contribution in [3.05, 3.63) is 30.3 Å². The number of hydrogen-bond acceptors (Lipinski definition) is 5. The second kappa shape index (κ2) is 5.64.